The first-order chi connectivity index (χ1) is 32.3. The first-order valence-corrected chi connectivity index (χ1v) is 22.7. The third-order valence-corrected chi connectivity index (χ3v) is 15.0. The Morgan fingerprint density at radius 1 is 0.323 bits per heavy atom. The molecule has 10 aromatic carbocycles. The van der Waals surface area contributed by atoms with Crippen molar-refractivity contribution >= 4 is 79.0 Å². The SMILES string of the molecule is c1ccc(N2c3ccccc3B3c4cc5c(cc4N(c4ccccc4)c4cccc2c43)C2(c3ccccc3-5)c3ccccc3-c3c(-n4c5ccccc5c5ccccc54)cccc32)cc1. The van der Waals surface area contributed by atoms with E-state index in [1.165, 1.54) is 111 Å². The Balaban J connectivity index is 1.05. The maximum atomic E-state index is 2.60. The zero-order valence-corrected chi connectivity index (χ0v) is 35.4. The van der Waals surface area contributed by atoms with E-state index in [0.29, 0.717) is 0 Å². The van der Waals surface area contributed by atoms with Gasteiger partial charge in [0.15, 0.2) is 0 Å². The Hall–Kier alpha value is -8.34. The van der Waals surface area contributed by atoms with Crippen LogP contribution in [-0.4, -0.2) is 11.3 Å². The smallest absolute Gasteiger partial charge is 0.252 e. The summed E-state index contributed by atoms with van der Waals surface area (Å²) in [5.41, 5.74) is 24.8. The second kappa shape index (κ2) is 12.9. The van der Waals surface area contributed by atoms with Gasteiger partial charge in [-0.05, 0) is 122 Å². The number of rotatable bonds is 3. The van der Waals surface area contributed by atoms with Crippen molar-refractivity contribution in [3.05, 3.63) is 253 Å². The van der Waals surface area contributed by atoms with E-state index in [1.807, 2.05) is 0 Å². The van der Waals surface area contributed by atoms with Crippen molar-refractivity contribution in [2.24, 2.45) is 0 Å². The van der Waals surface area contributed by atoms with Crippen LogP contribution < -0.4 is 26.2 Å². The number of anilines is 6. The van der Waals surface area contributed by atoms with Gasteiger partial charge in [0.25, 0.3) is 6.71 Å². The van der Waals surface area contributed by atoms with Crippen LogP contribution in [0.5, 0.6) is 0 Å². The molecule has 2 aliphatic heterocycles. The summed E-state index contributed by atoms with van der Waals surface area (Å²) >= 11 is 0. The van der Waals surface area contributed by atoms with Crippen molar-refractivity contribution in [1.29, 1.82) is 0 Å². The lowest BCUT2D eigenvalue weighted by Gasteiger charge is -2.44. The van der Waals surface area contributed by atoms with E-state index in [1.54, 1.807) is 0 Å². The van der Waals surface area contributed by atoms with Gasteiger partial charge in [0, 0.05) is 50.5 Å². The van der Waals surface area contributed by atoms with Crippen molar-refractivity contribution < 1.29 is 0 Å². The van der Waals surface area contributed by atoms with Gasteiger partial charge < -0.3 is 14.4 Å². The largest absolute Gasteiger partial charge is 0.311 e. The fourth-order valence-corrected chi connectivity index (χ4v) is 12.6. The van der Waals surface area contributed by atoms with E-state index in [0.717, 1.165) is 11.4 Å². The molecule has 1 aromatic heterocycles. The van der Waals surface area contributed by atoms with Gasteiger partial charge in [-0.25, -0.2) is 0 Å². The van der Waals surface area contributed by atoms with Crippen LogP contribution in [0, 0.1) is 0 Å². The zero-order valence-electron chi connectivity index (χ0n) is 35.4. The lowest BCUT2D eigenvalue weighted by Crippen LogP contribution is -2.61. The molecule has 4 heteroatoms. The Kier molecular flexibility index (Phi) is 6.96. The fraction of sp³-hybridized carbons (Fsp3) is 0.0164. The van der Waals surface area contributed by atoms with Crippen LogP contribution in [0.2, 0.25) is 0 Å². The lowest BCUT2D eigenvalue weighted by atomic mass is 9.33. The molecule has 0 saturated heterocycles. The second-order valence-corrected chi connectivity index (χ2v) is 17.9. The van der Waals surface area contributed by atoms with Crippen LogP contribution in [0.15, 0.2) is 231 Å². The molecule has 0 radical (unpaired) electrons. The molecule has 15 rings (SSSR count). The van der Waals surface area contributed by atoms with E-state index < -0.39 is 5.41 Å². The van der Waals surface area contributed by atoms with E-state index in [2.05, 4.69) is 245 Å². The summed E-state index contributed by atoms with van der Waals surface area (Å²) in [6, 6.07) is 86.4. The van der Waals surface area contributed by atoms with E-state index in [-0.39, 0.29) is 6.71 Å². The maximum Gasteiger partial charge on any atom is 0.252 e. The number of aromatic nitrogens is 1. The molecule has 11 aromatic rings. The minimum absolute atomic E-state index is 0.0198. The van der Waals surface area contributed by atoms with Crippen LogP contribution in [0.3, 0.4) is 0 Å². The Bertz CT molecular complexity index is 3760. The monoisotopic (exact) mass is 823 g/mol. The van der Waals surface area contributed by atoms with Gasteiger partial charge in [-0.15, -0.1) is 0 Å². The Morgan fingerprint density at radius 3 is 1.54 bits per heavy atom. The predicted octanol–water partition coefficient (Wildman–Crippen LogP) is 13.2. The molecule has 0 bridgehead atoms. The highest BCUT2D eigenvalue weighted by atomic mass is 15.2. The topological polar surface area (TPSA) is 11.4 Å². The molecule has 0 saturated carbocycles. The highest BCUT2D eigenvalue weighted by Crippen LogP contribution is 2.64. The van der Waals surface area contributed by atoms with Gasteiger partial charge in [-0.1, -0.05) is 164 Å². The van der Waals surface area contributed by atoms with Crippen molar-refractivity contribution in [1.82, 2.24) is 4.57 Å². The summed E-state index contributed by atoms with van der Waals surface area (Å²) in [7, 11) is 0. The molecule has 1 atom stereocenters. The van der Waals surface area contributed by atoms with Crippen molar-refractivity contribution in [2.75, 3.05) is 9.80 Å². The zero-order chi connectivity index (χ0) is 42.4. The number of para-hydroxylation sites is 5. The normalized spacial score (nSPS) is 15.7. The van der Waals surface area contributed by atoms with E-state index in [4.69, 9.17) is 0 Å². The van der Waals surface area contributed by atoms with Crippen LogP contribution in [0.4, 0.5) is 34.1 Å². The van der Waals surface area contributed by atoms with Crippen molar-refractivity contribution in [3.63, 3.8) is 0 Å². The molecule has 1 unspecified atom stereocenters. The summed E-state index contributed by atoms with van der Waals surface area (Å²) in [5, 5.41) is 2.54. The van der Waals surface area contributed by atoms with Crippen LogP contribution in [0.1, 0.15) is 22.3 Å². The molecule has 0 N–H and O–H groups in total. The maximum absolute atomic E-state index is 2.60. The van der Waals surface area contributed by atoms with Gasteiger partial charge >= 0.3 is 0 Å². The third-order valence-electron chi connectivity index (χ3n) is 15.0. The molecular weight excluding hydrogens is 786 g/mol. The molecule has 4 aliphatic rings. The molecule has 3 nitrogen and oxygen atoms in total. The summed E-state index contributed by atoms with van der Waals surface area (Å²) in [6.45, 7) is 0.0198. The molecule has 1 spiro atoms. The van der Waals surface area contributed by atoms with E-state index >= 15 is 0 Å². The highest BCUT2D eigenvalue weighted by Gasteiger charge is 2.54. The summed E-state index contributed by atoms with van der Waals surface area (Å²) in [6.07, 6.45) is 0. The fourth-order valence-electron chi connectivity index (χ4n) is 12.6. The van der Waals surface area contributed by atoms with E-state index in [9.17, 15) is 0 Å². The van der Waals surface area contributed by atoms with Gasteiger partial charge in [0.2, 0.25) is 0 Å². The summed E-state index contributed by atoms with van der Waals surface area (Å²) in [4.78, 5) is 5.02. The minimum Gasteiger partial charge on any atom is -0.311 e. The molecule has 0 fully saturated rings. The second-order valence-electron chi connectivity index (χ2n) is 17.9. The number of benzene rings is 10. The first kappa shape index (κ1) is 35.2. The van der Waals surface area contributed by atoms with Crippen LogP contribution >= 0.6 is 0 Å². The lowest BCUT2D eigenvalue weighted by molar-refractivity contribution is 0.793. The standard InChI is InChI=1S/C61H38BN3/c1-3-19-39(20-4-1)63-54-33-16-13-30-50(54)62-51-37-45-41-23-7-11-27-46(41)61(49(45)38-58(51)64(40-21-5-2-6-22-40)57-36-18-35-56(63)60(57)62)47-28-12-8-26-44(47)59-48(61)29-17-34-55(59)65-52-31-14-9-24-42(52)43-25-10-15-32-53(43)65/h1-38H. The summed E-state index contributed by atoms with van der Waals surface area (Å²) < 4.78 is 2.51. The van der Waals surface area contributed by atoms with Gasteiger partial charge in [-0.2, -0.15) is 0 Å². The number of fused-ring (bicyclic) bond motifs is 17. The quantitative estimate of drug-likeness (QED) is 0.164. The Morgan fingerprint density at radius 2 is 0.831 bits per heavy atom. The third kappa shape index (κ3) is 4.41. The average Bonchev–Trinajstić information content (AvgIpc) is 3.98. The van der Waals surface area contributed by atoms with Gasteiger partial charge in [-0.3, -0.25) is 0 Å². The molecule has 300 valence electrons. The van der Waals surface area contributed by atoms with Crippen LogP contribution in [0.25, 0.3) is 49.7 Å². The highest BCUT2D eigenvalue weighted by molar-refractivity contribution is 7.00. The van der Waals surface area contributed by atoms with Gasteiger partial charge in [0.1, 0.15) is 0 Å². The molecular formula is C61H38BN3. The van der Waals surface area contributed by atoms with Crippen LogP contribution in [-0.2, 0) is 5.41 Å². The molecule has 65 heavy (non-hydrogen) atoms. The number of hydrogen-bond acceptors (Lipinski definition) is 2. The predicted molar refractivity (Wildman–Crippen MR) is 271 cm³/mol. The van der Waals surface area contributed by atoms with Crippen molar-refractivity contribution in [2.45, 2.75) is 5.41 Å². The van der Waals surface area contributed by atoms with Gasteiger partial charge in [0.05, 0.1) is 22.1 Å². The Labute approximate surface area is 377 Å². The number of hydrogen-bond donors (Lipinski definition) is 0. The first-order valence-electron chi connectivity index (χ1n) is 22.7. The molecule has 3 heterocycles. The number of nitrogens with zero attached hydrogens (tertiary/aromatic N) is 3. The average molecular weight is 824 g/mol. The molecule has 2 aliphatic carbocycles. The molecule has 0 amide bonds. The minimum atomic E-state index is -0.555. The summed E-state index contributed by atoms with van der Waals surface area (Å²) in [5.74, 6) is 0. The van der Waals surface area contributed by atoms with Crippen molar-refractivity contribution in [3.8, 4) is 27.9 Å².